The predicted molar refractivity (Wildman–Crippen MR) is 77.8 cm³/mol. The van der Waals surface area contributed by atoms with Crippen molar-refractivity contribution < 1.29 is 19.5 Å². The molecular formula is C14H25N3O4. The van der Waals surface area contributed by atoms with Crippen LogP contribution in [0.15, 0.2) is 0 Å². The van der Waals surface area contributed by atoms with E-state index in [0.29, 0.717) is 12.8 Å². The summed E-state index contributed by atoms with van der Waals surface area (Å²) in [5.41, 5.74) is -1.21. The maximum atomic E-state index is 11.8. The molecule has 4 N–H and O–H groups in total. The molecule has 21 heavy (non-hydrogen) atoms. The highest BCUT2D eigenvalue weighted by atomic mass is 16.4. The lowest BCUT2D eigenvalue weighted by Crippen LogP contribution is -2.55. The second-order valence-electron chi connectivity index (χ2n) is 6.73. The molecule has 3 amide bonds. The van der Waals surface area contributed by atoms with Crippen LogP contribution >= 0.6 is 0 Å². The first kappa shape index (κ1) is 17.3. The van der Waals surface area contributed by atoms with E-state index in [9.17, 15) is 14.4 Å². The third kappa shape index (κ3) is 4.91. The zero-order chi connectivity index (χ0) is 16.3. The monoisotopic (exact) mass is 299 g/mol. The summed E-state index contributed by atoms with van der Waals surface area (Å²) in [4.78, 5) is 34.7. The highest BCUT2D eigenvalue weighted by Crippen LogP contribution is 2.40. The van der Waals surface area contributed by atoms with Crippen LogP contribution in [0.4, 0.5) is 4.79 Å². The second kappa shape index (κ2) is 6.32. The van der Waals surface area contributed by atoms with Crippen molar-refractivity contribution in [3.63, 3.8) is 0 Å². The molecular weight excluding hydrogens is 274 g/mol. The van der Waals surface area contributed by atoms with E-state index < -0.39 is 23.5 Å². The van der Waals surface area contributed by atoms with Gasteiger partial charge in [0.05, 0.1) is 5.41 Å². The van der Waals surface area contributed by atoms with Gasteiger partial charge in [-0.3, -0.25) is 9.59 Å². The van der Waals surface area contributed by atoms with Crippen molar-refractivity contribution in [3.8, 4) is 0 Å². The number of amides is 3. The Labute approximate surface area is 124 Å². The van der Waals surface area contributed by atoms with Gasteiger partial charge in [-0.25, -0.2) is 4.79 Å². The minimum Gasteiger partial charge on any atom is -0.481 e. The largest absolute Gasteiger partial charge is 0.481 e. The van der Waals surface area contributed by atoms with Crippen molar-refractivity contribution in [2.24, 2.45) is 5.41 Å². The molecule has 0 heterocycles. The van der Waals surface area contributed by atoms with Crippen molar-refractivity contribution in [1.29, 1.82) is 0 Å². The molecule has 1 aliphatic rings. The van der Waals surface area contributed by atoms with Crippen LogP contribution in [0.5, 0.6) is 0 Å². The average Bonchev–Trinajstić information content (AvgIpc) is 2.24. The molecule has 1 saturated carbocycles. The summed E-state index contributed by atoms with van der Waals surface area (Å²) in [7, 11) is 0. The molecule has 0 saturated heterocycles. The van der Waals surface area contributed by atoms with E-state index in [1.807, 2.05) is 20.8 Å². The number of nitrogens with one attached hydrogen (secondary N) is 3. The van der Waals surface area contributed by atoms with Crippen LogP contribution in [-0.2, 0) is 9.59 Å². The molecule has 0 aromatic rings. The molecule has 120 valence electrons. The van der Waals surface area contributed by atoms with Gasteiger partial charge in [0.1, 0.15) is 6.04 Å². The SMILES string of the molecule is CC(NC(=O)NCC1(C(=O)O)CCC1)C(=O)NC(C)(C)C. The Kier molecular flexibility index (Phi) is 5.20. The first-order valence-electron chi connectivity index (χ1n) is 7.15. The van der Waals surface area contributed by atoms with Crippen LogP contribution in [0.2, 0.25) is 0 Å². The molecule has 0 radical (unpaired) electrons. The van der Waals surface area contributed by atoms with Crippen LogP contribution in [0, 0.1) is 5.41 Å². The highest BCUT2D eigenvalue weighted by molar-refractivity contribution is 5.87. The third-order valence-corrected chi connectivity index (χ3v) is 3.59. The van der Waals surface area contributed by atoms with Gasteiger partial charge in [-0.2, -0.15) is 0 Å². The van der Waals surface area contributed by atoms with Crippen LogP contribution in [0.3, 0.4) is 0 Å². The summed E-state index contributed by atoms with van der Waals surface area (Å²) in [6.45, 7) is 7.22. The van der Waals surface area contributed by atoms with Crippen LogP contribution in [0.1, 0.15) is 47.0 Å². The summed E-state index contributed by atoms with van der Waals surface area (Å²) in [5, 5.41) is 17.0. The fourth-order valence-corrected chi connectivity index (χ4v) is 2.11. The number of urea groups is 1. The summed E-state index contributed by atoms with van der Waals surface area (Å²) in [6, 6.07) is -1.22. The summed E-state index contributed by atoms with van der Waals surface area (Å²) < 4.78 is 0. The quantitative estimate of drug-likeness (QED) is 0.603. The second-order valence-corrected chi connectivity index (χ2v) is 6.73. The number of carboxylic acid groups (broad SMARTS) is 1. The molecule has 7 nitrogen and oxygen atoms in total. The zero-order valence-corrected chi connectivity index (χ0v) is 13.1. The van der Waals surface area contributed by atoms with Gasteiger partial charge in [0.25, 0.3) is 0 Å². The Balaban J connectivity index is 2.40. The van der Waals surface area contributed by atoms with Crippen molar-refractivity contribution in [2.45, 2.75) is 58.5 Å². The molecule has 0 bridgehead atoms. The zero-order valence-electron chi connectivity index (χ0n) is 13.1. The molecule has 0 aromatic heterocycles. The van der Waals surface area contributed by atoms with E-state index in [1.165, 1.54) is 0 Å². The lowest BCUT2D eigenvalue weighted by Gasteiger charge is -2.37. The van der Waals surface area contributed by atoms with Gasteiger partial charge < -0.3 is 21.1 Å². The van der Waals surface area contributed by atoms with Crippen molar-refractivity contribution >= 4 is 17.9 Å². The van der Waals surface area contributed by atoms with Gasteiger partial charge in [-0.05, 0) is 40.5 Å². The number of carboxylic acids is 1. The molecule has 0 aliphatic heterocycles. The van der Waals surface area contributed by atoms with Crippen LogP contribution in [0.25, 0.3) is 0 Å². The first-order chi connectivity index (χ1) is 9.56. The van der Waals surface area contributed by atoms with E-state index >= 15 is 0 Å². The summed E-state index contributed by atoms with van der Waals surface area (Å²) >= 11 is 0. The Hall–Kier alpha value is -1.79. The summed E-state index contributed by atoms with van der Waals surface area (Å²) in [5.74, 6) is -1.16. The molecule has 0 spiro atoms. The van der Waals surface area contributed by atoms with Crippen molar-refractivity contribution in [3.05, 3.63) is 0 Å². The van der Waals surface area contributed by atoms with Gasteiger partial charge in [-0.1, -0.05) is 6.42 Å². The van der Waals surface area contributed by atoms with Gasteiger partial charge in [-0.15, -0.1) is 0 Å². The van der Waals surface area contributed by atoms with E-state index in [2.05, 4.69) is 16.0 Å². The third-order valence-electron chi connectivity index (χ3n) is 3.59. The molecule has 0 aromatic carbocycles. The Bertz CT molecular complexity index is 424. The summed E-state index contributed by atoms with van der Waals surface area (Å²) in [6.07, 6.45) is 2.01. The normalized spacial score (nSPS) is 18.1. The Morgan fingerprint density at radius 1 is 1.24 bits per heavy atom. The number of hydrogen-bond donors (Lipinski definition) is 4. The molecule has 1 aliphatic carbocycles. The van der Waals surface area contributed by atoms with Gasteiger partial charge in [0.15, 0.2) is 0 Å². The average molecular weight is 299 g/mol. The van der Waals surface area contributed by atoms with Crippen LogP contribution < -0.4 is 16.0 Å². The Morgan fingerprint density at radius 3 is 2.19 bits per heavy atom. The molecule has 1 unspecified atom stereocenters. The fraction of sp³-hybridized carbons (Fsp3) is 0.786. The van der Waals surface area contributed by atoms with Gasteiger partial charge in [0.2, 0.25) is 5.91 Å². The molecule has 1 rings (SSSR count). The number of hydrogen-bond acceptors (Lipinski definition) is 3. The molecule has 1 fully saturated rings. The molecule has 1 atom stereocenters. The fourth-order valence-electron chi connectivity index (χ4n) is 2.11. The van der Waals surface area contributed by atoms with Gasteiger partial charge >= 0.3 is 12.0 Å². The van der Waals surface area contributed by atoms with E-state index in [-0.39, 0.29) is 18.0 Å². The van der Waals surface area contributed by atoms with Crippen molar-refractivity contribution in [1.82, 2.24) is 16.0 Å². The predicted octanol–water partition coefficient (Wildman–Crippen LogP) is 0.844. The number of carbonyl (C=O) groups excluding carboxylic acids is 2. The Morgan fingerprint density at radius 2 is 1.81 bits per heavy atom. The lowest BCUT2D eigenvalue weighted by molar-refractivity contribution is -0.153. The molecule has 7 heteroatoms. The standard InChI is InChI=1S/C14H25N3O4/c1-9(10(18)17-13(2,3)4)16-12(21)15-8-14(11(19)20)6-5-7-14/h9H,5-8H2,1-4H3,(H,17,18)(H,19,20)(H2,15,16,21). The minimum atomic E-state index is -0.882. The lowest BCUT2D eigenvalue weighted by atomic mass is 9.69. The van der Waals surface area contributed by atoms with Gasteiger partial charge in [0, 0.05) is 12.1 Å². The topological polar surface area (TPSA) is 108 Å². The van der Waals surface area contributed by atoms with E-state index in [4.69, 9.17) is 5.11 Å². The maximum Gasteiger partial charge on any atom is 0.315 e. The van der Waals surface area contributed by atoms with E-state index in [0.717, 1.165) is 6.42 Å². The number of rotatable bonds is 5. The highest BCUT2D eigenvalue weighted by Gasteiger charge is 2.44. The van der Waals surface area contributed by atoms with Crippen LogP contribution in [-0.4, -0.2) is 41.1 Å². The first-order valence-corrected chi connectivity index (χ1v) is 7.15. The number of aliphatic carboxylic acids is 1. The number of carbonyl (C=O) groups is 3. The van der Waals surface area contributed by atoms with E-state index in [1.54, 1.807) is 6.92 Å². The smallest absolute Gasteiger partial charge is 0.315 e. The van der Waals surface area contributed by atoms with Crippen molar-refractivity contribution in [2.75, 3.05) is 6.54 Å². The maximum absolute atomic E-state index is 11.8. The minimum absolute atomic E-state index is 0.0851.